The van der Waals surface area contributed by atoms with E-state index in [0.717, 1.165) is 0 Å². The standard InChI is InChI=1S/C15H25N3O4S/c1-5-14(19)17-9-11-8-12(6-7-13(11)22-4)23(20,21)18-10-15(2,3)16/h6-8,18H,5,9-10,16H2,1-4H3,(H,17,19). The van der Waals surface area contributed by atoms with Crippen LogP contribution in [0, 0.1) is 0 Å². The molecule has 0 aliphatic heterocycles. The number of rotatable bonds is 8. The first-order valence-corrected chi connectivity index (χ1v) is 8.79. The molecule has 8 heteroatoms. The fraction of sp³-hybridized carbons (Fsp3) is 0.533. The van der Waals surface area contributed by atoms with Crippen molar-refractivity contribution in [3.8, 4) is 5.75 Å². The van der Waals surface area contributed by atoms with Crippen molar-refractivity contribution in [3.63, 3.8) is 0 Å². The summed E-state index contributed by atoms with van der Waals surface area (Å²) in [5.74, 6) is 0.392. The van der Waals surface area contributed by atoms with Gasteiger partial charge in [0.15, 0.2) is 0 Å². The second-order valence-corrected chi connectivity index (χ2v) is 7.68. The van der Waals surface area contributed by atoms with Crippen LogP contribution in [0.4, 0.5) is 0 Å². The molecule has 23 heavy (non-hydrogen) atoms. The number of sulfonamides is 1. The van der Waals surface area contributed by atoms with Crippen molar-refractivity contribution >= 4 is 15.9 Å². The summed E-state index contributed by atoms with van der Waals surface area (Å²) in [6, 6.07) is 4.51. The maximum atomic E-state index is 12.3. The van der Waals surface area contributed by atoms with Gasteiger partial charge in [0.25, 0.3) is 0 Å². The molecule has 1 rings (SSSR count). The highest BCUT2D eigenvalue weighted by Gasteiger charge is 2.20. The fourth-order valence-electron chi connectivity index (χ4n) is 1.74. The van der Waals surface area contributed by atoms with Gasteiger partial charge in [-0.1, -0.05) is 6.92 Å². The van der Waals surface area contributed by atoms with E-state index in [1.807, 2.05) is 0 Å². The summed E-state index contributed by atoms with van der Waals surface area (Å²) in [5.41, 5.74) is 5.73. The van der Waals surface area contributed by atoms with Crippen LogP contribution in [0.15, 0.2) is 23.1 Å². The van der Waals surface area contributed by atoms with E-state index in [2.05, 4.69) is 10.0 Å². The number of nitrogens with two attached hydrogens (primary N) is 1. The largest absolute Gasteiger partial charge is 0.496 e. The number of carbonyl (C=O) groups excluding carboxylic acids is 1. The van der Waals surface area contributed by atoms with Crippen LogP contribution in [0.1, 0.15) is 32.8 Å². The fourth-order valence-corrected chi connectivity index (χ4v) is 3.02. The lowest BCUT2D eigenvalue weighted by Crippen LogP contribution is -2.45. The molecule has 0 aliphatic carbocycles. The topological polar surface area (TPSA) is 111 Å². The molecule has 1 aromatic carbocycles. The molecule has 1 aromatic rings. The molecule has 0 saturated carbocycles. The normalized spacial score (nSPS) is 12.0. The number of amides is 1. The number of hydrogen-bond donors (Lipinski definition) is 3. The molecule has 0 fully saturated rings. The van der Waals surface area contributed by atoms with Gasteiger partial charge in [0.1, 0.15) is 5.75 Å². The molecule has 0 atom stereocenters. The minimum absolute atomic E-state index is 0.100. The van der Waals surface area contributed by atoms with Gasteiger partial charge in [0.05, 0.1) is 12.0 Å². The van der Waals surface area contributed by atoms with Crippen molar-refractivity contribution in [1.82, 2.24) is 10.0 Å². The Hall–Kier alpha value is -1.64. The van der Waals surface area contributed by atoms with Gasteiger partial charge in [-0.3, -0.25) is 4.79 Å². The number of ether oxygens (including phenoxy) is 1. The van der Waals surface area contributed by atoms with Gasteiger partial charge >= 0.3 is 0 Å². The summed E-state index contributed by atoms with van der Waals surface area (Å²) < 4.78 is 32.3. The summed E-state index contributed by atoms with van der Waals surface area (Å²) in [6.07, 6.45) is 0.355. The summed E-state index contributed by atoms with van der Waals surface area (Å²) in [5, 5.41) is 2.70. The highest BCUT2D eigenvalue weighted by atomic mass is 32.2. The van der Waals surface area contributed by atoms with Gasteiger partial charge in [0, 0.05) is 30.6 Å². The first-order valence-electron chi connectivity index (χ1n) is 7.31. The van der Waals surface area contributed by atoms with Crippen LogP contribution in [-0.2, 0) is 21.4 Å². The first-order chi connectivity index (χ1) is 10.6. The summed E-state index contributed by atoms with van der Waals surface area (Å²) in [4.78, 5) is 11.5. The number of carbonyl (C=O) groups is 1. The Kier molecular flexibility index (Phi) is 6.55. The second kappa shape index (κ2) is 7.76. The average Bonchev–Trinajstić information content (AvgIpc) is 2.49. The first kappa shape index (κ1) is 19.4. The highest BCUT2D eigenvalue weighted by molar-refractivity contribution is 7.89. The lowest BCUT2D eigenvalue weighted by Gasteiger charge is -2.19. The summed E-state index contributed by atoms with van der Waals surface area (Å²) in [6.45, 7) is 5.52. The van der Waals surface area contributed by atoms with Crippen molar-refractivity contribution in [2.45, 2.75) is 44.2 Å². The van der Waals surface area contributed by atoms with E-state index in [-0.39, 0.29) is 23.9 Å². The predicted octanol–water partition coefficient (Wildman–Crippen LogP) is 0.737. The molecule has 0 bridgehead atoms. The molecule has 7 nitrogen and oxygen atoms in total. The molecule has 0 heterocycles. The molecule has 0 spiro atoms. The lowest BCUT2D eigenvalue weighted by molar-refractivity contribution is -0.120. The van der Waals surface area contributed by atoms with E-state index in [9.17, 15) is 13.2 Å². The molecule has 4 N–H and O–H groups in total. The van der Waals surface area contributed by atoms with Crippen LogP contribution < -0.4 is 20.5 Å². The molecule has 130 valence electrons. The molecule has 1 amide bonds. The van der Waals surface area contributed by atoms with Crippen molar-refractivity contribution in [3.05, 3.63) is 23.8 Å². The Morgan fingerprint density at radius 3 is 2.52 bits per heavy atom. The zero-order chi connectivity index (χ0) is 17.7. The minimum atomic E-state index is -3.68. The van der Waals surface area contributed by atoms with Gasteiger partial charge in [-0.05, 0) is 32.0 Å². The minimum Gasteiger partial charge on any atom is -0.496 e. The molecular weight excluding hydrogens is 318 g/mol. The van der Waals surface area contributed by atoms with Gasteiger partial charge in [-0.25, -0.2) is 13.1 Å². The quantitative estimate of drug-likeness (QED) is 0.645. The van der Waals surface area contributed by atoms with E-state index in [0.29, 0.717) is 17.7 Å². The number of methoxy groups -OCH3 is 1. The molecule has 0 aliphatic rings. The van der Waals surface area contributed by atoms with E-state index in [1.165, 1.54) is 19.2 Å². The third-order valence-corrected chi connectivity index (χ3v) is 4.48. The van der Waals surface area contributed by atoms with Crippen LogP contribution in [0.2, 0.25) is 0 Å². The zero-order valence-corrected chi connectivity index (χ0v) is 14.8. The smallest absolute Gasteiger partial charge is 0.240 e. The Morgan fingerprint density at radius 2 is 2.00 bits per heavy atom. The molecule has 0 saturated heterocycles. The van der Waals surface area contributed by atoms with Gasteiger partial charge < -0.3 is 15.8 Å². The Labute approximate surface area is 137 Å². The highest BCUT2D eigenvalue weighted by Crippen LogP contribution is 2.22. The van der Waals surface area contributed by atoms with Crippen LogP contribution in [-0.4, -0.2) is 33.5 Å². The van der Waals surface area contributed by atoms with Crippen LogP contribution in [0.3, 0.4) is 0 Å². The number of benzene rings is 1. The monoisotopic (exact) mass is 343 g/mol. The summed E-state index contributed by atoms with van der Waals surface area (Å²) >= 11 is 0. The number of nitrogens with one attached hydrogen (secondary N) is 2. The van der Waals surface area contributed by atoms with E-state index in [4.69, 9.17) is 10.5 Å². The van der Waals surface area contributed by atoms with Gasteiger partial charge in [0.2, 0.25) is 15.9 Å². The Balaban J connectivity index is 3.01. The molecule has 0 unspecified atom stereocenters. The van der Waals surface area contributed by atoms with Crippen LogP contribution >= 0.6 is 0 Å². The Bertz CT molecular complexity index is 651. The van der Waals surface area contributed by atoms with E-state index < -0.39 is 15.6 Å². The van der Waals surface area contributed by atoms with Crippen molar-refractivity contribution < 1.29 is 17.9 Å². The number of hydrogen-bond acceptors (Lipinski definition) is 5. The Morgan fingerprint density at radius 1 is 1.35 bits per heavy atom. The molecule has 0 aromatic heterocycles. The maximum absolute atomic E-state index is 12.3. The van der Waals surface area contributed by atoms with E-state index in [1.54, 1.807) is 26.8 Å². The predicted molar refractivity (Wildman–Crippen MR) is 88.6 cm³/mol. The average molecular weight is 343 g/mol. The summed E-state index contributed by atoms with van der Waals surface area (Å²) in [7, 11) is -2.19. The van der Waals surface area contributed by atoms with Crippen molar-refractivity contribution in [1.29, 1.82) is 0 Å². The lowest BCUT2D eigenvalue weighted by atomic mass is 10.1. The van der Waals surface area contributed by atoms with Crippen molar-refractivity contribution in [2.24, 2.45) is 5.73 Å². The second-order valence-electron chi connectivity index (χ2n) is 5.92. The SMILES string of the molecule is CCC(=O)NCc1cc(S(=O)(=O)NCC(C)(C)N)ccc1OC. The molecule has 0 radical (unpaired) electrons. The van der Waals surface area contributed by atoms with Crippen LogP contribution in [0.25, 0.3) is 0 Å². The zero-order valence-electron chi connectivity index (χ0n) is 14.0. The van der Waals surface area contributed by atoms with Gasteiger partial charge in [-0.2, -0.15) is 0 Å². The maximum Gasteiger partial charge on any atom is 0.240 e. The third kappa shape index (κ3) is 6.17. The van der Waals surface area contributed by atoms with E-state index >= 15 is 0 Å². The van der Waals surface area contributed by atoms with Crippen LogP contribution in [0.5, 0.6) is 5.75 Å². The third-order valence-electron chi connectivity index (χ3n) is 3.08. The van der Waals surface area contributed by atoms with Gasteiger partial charge in [-0.15, -0.1) is 0 Å². The van der Waals surface area contributed by atoms with Crippen molar-refractivity contribution in [2.75, 3.05) is 13.7 Å². The molecular formula is C15H25N3O4S.